The molecule has 0 unspecified atom stereocenters. The Morgan fingerprint density at radius 3 is 2.00 bits per heavy atom. The van der Waals surface area contributed by atoms with E-state index >= 15 is 0 Å². The molecule has 0 bridgehead atoms. The van der Waals surface area contributed by atoms with Crippen LogP contribution in [0.3, 0.4) is 0 Å². The molecule has 0 spiro atoms. The Morgan fingerprint density at radius 2 is 1.55 bits per heavy atom. The van der Waals surface area contributed by atoms with Gasteiger partial charge in [-0.2, -0.15) is 5.06 Å². The highest BCUT2D eigenvalue weighted by atomic mass is 16.7. The molecule has 2 rings (SSSR count). The Morgan fingerprint density at radius 1 is 1.05 bits per heavy atom. The molecule has 1 aromatic rings. The quantitative estimate of drug-likeness (QED) is 0.622. The molecule has 1 aliphatic heterocycles. The van der Waals surface area contributed by atoms with Crippen molar-refractivity contribution in [3.63, 3.8) is 0 Å². The molecule has 1 aliphatic rings. The van der Waals surface area contributed by atoms with E-state index in [0.717, 1.165) is 12.0 Å². The molecule has 0 radical (unpaired) electrons. The summed E-state index contributed by atoms with van der Waals surface area (Å²) in [7, 11) is 3.27. The third kappa shape index (κ3) is 3.06. The minimum absolute atomic E-state index is 0.297. The van der Waals surface area contributed by atoms with Crippen molar-refractivity contribution < 1.29 is 14.1 Å². The zero-order chi connectivity index (χ0) is 15.0. The summed E-state index contributed by atoms with van der Waals surface area (Å²) in [6.45, 7) is 9.01. The van der Waals surface area contributed by atoms with Crippen LogP contribution in [0.2, 0.25) is 0 Å². The first-order valence-corrected chi connectivity index (χ1v) is 6.95. The van der Waals surface area contributed by atoms with Crippen LogP contribution in [0.15, 0.2) is 24.3 Å². The average Bonchev–Trinajstić information content (AvgIpc) is 2.59. The van der Waals surface area contributed by atoms with Crippen molar-refractivity contribution in [2.75, 3.05) is 14.2 Å². The fourth-order valence-electron chi connectivity index (χ4n) is 2.08. The normalized spacial score (nSPS) is 20.6. The Balaban J connectivity index is 2.08. The van der Waals surface area contributed by atoms with Crippen LogP contribution in [0.1, 0.15) is 33.3 Å². The van der Waals surface area contributed by atoms with Gasteiger partial charge in [0.1, 0.15) is 0 Å². The van der Waals surface area contributed by atoms with Crippen molar-refractivity contribution in [3.05, 3.63) is 29.8 Å². The van der Waals surface area contributed by atoms with E-state index < -0.39 is 0 Å². The number of benzene rings is 1. The van der Waals surface area contributed by atoms with Gasteiger partial charge < -0.3 is 14.1 Å². The van der Waals surface area contributed by atoms with E-state index in [1.165, 1.54) is 5.56 Å². The standard InChI is InChI=1S/C15H24BNO3/c1-14(2)15(3,4)20-16(19-14)13-9-7-12(8-10-13)11-17(5)18-6/h7-10H,11H2,1-6H3. The van der Waals surface area contributed by atoms with Gasteiger partial charge in [-0.25, -0.2) is 0 Å². The maximum absolute atomic E-state index is 6.03. The lowest BCUT2D eigenvalue weighted by molar-refractivity contribution is -0.116. The molecular weight excluding hydrogens is 253 g/mol. The van der Waals surface area contributed by atoms with E-state index in [4.69, 9.17) is 14.1 Å². The van der Waals surface area contributed by atoms with Crippen LogP contribution >= 0.6 is 0 Å². The number of nitrogens with zero attached hydrogens (tertiary/aromatic N) is 1. The van der Waals surface area contributed by atoms with E-state index in [9.17, 15) is 0 Å². The monoisotopic (exact) mass is 277 g/mol. The van der Waals surface area contributed by atoms with Crippen LogP contribution < -0.4 is 5.46 Å². The number of rotatable bonds is 4. The summed E-state index contributed by atoms with van der Waals surface area (Å²) in [4.78, 5) is 5.12. The molecule has 0 saturated carbocycles. The van der Waals surface area contributed by atoms with Gasteiger partial charge in [-0.05, 0) is 38.7 Å². The van der Waals surface area contributed by atoms with Crippen LogP contribution in [-0.2, 0) is 20.7 Å². The second-order valence-corrected chi connectivity index (χ2v) is 6.30. The summed E-state index contributed by atoms with van der Waals surface area (Å²) in [6.07, 6.45) is 0. The van der Waals surface area contributed by atoms with Gasteiger partial charge in [-0.1, -0.05) is 24.3 Å². The van der Waals surface area contributed by atoms with Crippen LogP contribution in [0.5, 0.6) is 0 Å². The molecular formula is C15H24BNO3. The minimum Gasteiger partial charge on any atom is -0.399 e. The summed E-state index contributed by atoms with van der Waals surface area (Å²) in [6, 6.07) is 8.27. The molecule has 0 atom stereocenters. The Hall–Kier alpha value is -0.875. The van der Waals surface area contributed by atoms with Gasteiger partial charge in [-0.15, -0.1) is 0 Å². The molecule has 1 saturated heterocycles. The van der Waals surface area contributed by atoms with Gasteiger partial charge in [0, 0.05) is 13.6 Å². The average molecular weight is 277 g/mol. The summed E-state index contributed by atoms with van der Waals surface area (Å²) in [5.74, 6) is 0. The van der Waals surface area contributed by atoms with Gasteiger partial charge in [0.15, 0.2) is 0 Å². The molecule has 5 heteroatoms. The highest BCUT2D eigenvalue weighted by molar-refractivity contribution is 6.62. The van der Waals surface area contributed by atoms with Crippen molar-refractivity contribution in [2.24, 2.45) is 0 Å². The molecule has 0 N–H and O–H groups in total. The predicted molar refractivity (Wildman–Crippen MR) is 80.6 cm³/mol. The summed E-state index contributed by atoms with van der Waals surface area (Å²) in [5, 5.41) is 1.78. The third-order valence-electron chi connectivity index (χ3n) is 4.22. The van der Waals surface area contributed by atoms with Gasteiger partial charge >= 0.3 is 7.12 Å². The lowest BCUT2D eigenvalue weighted by Gasteiger charge is -2.32. The molecule has 4 nitrogen and oxygen atoms in total. The molecule has 1 aromatic carbocycles. The van der Waals surface area contributed by atoms with E-state index in [-0.39, 0.29) is 18.3 Å². The summed E-state index contributed by atoms with van der Waals surface area (Å²) in [5.41, 5.74) is 1.64. The second-order valence-electron chi connectivity index (χ2n) is 6.30. The highest BCUT2D eigenvalue weighted by Gasteiger charge is 2.51. The van der Waals surface area contributed by atoms with E-state index in [2.05, 4.69) is 52.0 Å². The molecule has 0 amide bonds. The first-order chi connectivity index (χ1) is 9.25. The van der Waals surface area contributed by atoms with Crippen LogP contribution in [0.4, 0.5) is 0 Å². The van der Waals surface area contributed by atoms with Gasteiger partial charge in [0.25, 0.3) is 0 Å². The Kier molecular flexibility index (Phi) is 4.26. The molecule has 0 aromatic heterocycles. The van der Waals surface area contributed by atoms with E-state index in [1.54, 1.807) is 12.2 Å². The zero-order valence-electron chi connectivity index (χ0n) is 13.3. The maximum atomic E-state index is 6.03. The lowest BCUT2D eigenvalue weighted by atomic mass is 9.79. The summed E-state index contributed by atoms with van der Waals surface area (Å²) < 4.78 is 12.1. The largest absolute Gasteiger partial charge is 0.494 e. The van der Waals surface area contributed by atoms with Crippen molar-refractivity contribution in [1.29, 1.82) is 0 Å². The van der Waals surface area contributed by atoms with Crippen LogP contribution in [0, 0.1) is 0 Å². The molecule has 1 fully saturated rings. The number of hydrogen-bond acceptors (Lipinski definition) is 4. The Bertz CT molecular complexity index is 443. The molecule has 0 aliphatic carbocycles. The lowest BCUT2D eigenvalue weighted by Crippen LogP contribution is -2.41. The smallest absolute Gasteiger partial charge is 0.399 e. The first kappa shape index (κ1) is 15.5. The molecule has 1 heterocycles. The SMILES string of the molecule is CON(C)Cc1ccc(B2OC(C)(C)C(C)(C)O2)cc1. The number of hydrogen-bond donors (Lipinski definition) is 0. The van der Waals surface area contributed by atoms with E-state index in [1.807, 2.05) is 7.05 Å². The van der Waals surface area contributed by atoms with Crippen molar-refractivity contribution >= 4 is 12.6 Å². The highest BCUT2D eigenvalue weighted by Crippen LogP contribution is 2.36. The fraction of sp³-hybridized carbons (Fsp3) is 0.600. The molecule has 20 heavy (non-hydrogen) atoms. The van der Waals surface area contributed by atoms with Gasteiger partial charge in [-0.3, -0.25) is 0 Å². The zero-order valence-corrected chi connectivity index (χ0v) is 13.3. The topological polar surface area (TPSA) is 30.9 Å². The minimum atomic E-state index is -0.299. The first-order valence-electron chi connectivity index (χ1n) is 6.95. The van der Waals surface area contributed by atoms with Crippen molar-refractivity contribution in [1.82, 2.24) is 5.06 Å². The van der Waals surface area contributed by atoms with Gasteiger partial charge in [0.2, 0.25) is 0 Å². The predicted octanol–water partition coefficient (Wildman–Crippen LogP) is 1.98. The molecule has 110 valence electrons. The second kappa shape index (κ2) is 5.49. The van der Waals surface area contributed by atoms with Crippen LogP contribution in [0.25, 0.3) is 0 Å². The van der Waals surface area contributed by atoms with Gasteiger partial charge in [0.05, 0.1) is 18.3 Å². The third-order valence-corrected chi connectivity index (χ3v) is 4.22. The summed E-state index contributed by atoms with van der Waals surface area (Å²) >= 11 is 0. The maximum Gasteiger partial charge on any atom is 0.494 e. The van der Waals surface area contributed by atoms with Crippen molar-refractivity contribution in [2.45, 2.75) is 45.4 Å². The van der Waals surface area contributed by atoms with Crippen molar-refractivity contribution in [3.8, 4) is 0 Å². The fourth-order valence-corrected chi connectivity index (χ4v) is 2.08. The van der Waals surface area contributed by atoms with E-state index in [0.29, 0.717) is 0 Å². The Labute approximate surface area is 122 Å². The van der Waals surface area contributed by atoms with Crippen LogP contribution in [-0.4, -0.2) is 37.5 Å². The number of hydroxylamine groups is 2.